The number of rotatable bonds is 1. The fourth-order valence-corrected chi connectivity index (χ4v) is 2.16. The van der Waals surface area contributed by atoms with Crippen LogP contribution in [0.4, 0.5) is 0 Å². The zero-order valence-corrected chi connectivity index (χ0v) is 11.9. The van der Waals surface area contributed by atoms with Gasteiger partial charge in [0.25, 0.3) is 0 Å². The van der Waals surface area contributed by atoms with Gasteiger partial charge in [-0.3, -0.25) is 14.4 Å². The molecule has 100 valence electrons. The highest BCUT2D eigenvalue weighted by Crippen LogP contribution is 2.24. The third-order valence-electron chi connectivity index (χ3n) is 2.67. The van der Waals surface area contributed by atoms with Crippen LogP contribution in [0.2, 0.25) is 5.15 Å². The molecule has 18 heavy (non-hydrogen) atoms. The first kappa shape index (κ1) is 14.9. The van der Waals surface area contributed by atoms with E-state index in [0.717, 1.165) is 5.69 Å². The maximum Gasteiger partial charge on any atom is 0.225 e. The van der Waals surface area contributed by atoms with E-state index in [4.69, 9.17) is 17.3 Å². The molecule has 6 nitrogen and oxygen atoms in total. The molecule has 2 heterocycles. The van der Waals surface area contributed by atoms with Crippen LogP contribution >= 0.6 is 24.0 Å². The van der Waals surface area contributed by atoms with Crippen molar-refractivity contribution in [3.8, 4) is 0 Å². The van der Waals surface area contributed by atoms with Crippen molar-refractivity contribution in [2.24, 2.45) is 17.8 Å². The quantitative estimate of drug-likeness (QED) is 0.827. The Morgan fingerprint density at radius 2 is 2.17 bits per heavy atom. The van der Waals surface area contributed by atoms with Crippen LogP contribution in [0.3, 0.4) is 0 Å². The van der Waals surface area contributed by atoms with Crippen molar-refractivity contribution >= 4 is 35.8 Å². The van der Waals surface area contributed by atoms with Gasteiger partial charge in [-0.2, -0.15) is 5.10 Å². The summed E-state index contributed by atoms with van der Waals surface area (Å²) in [7, 11) is 1.74. The lowest BCUT2D eigenvalue weighted by Crippen LogP contribution is -2.36. The Labute approximate surface area is 116 Å². The summed E-state index contributed by atoms with van der Waals surface area (Å²) in [6.07, 6.45) is -0.399. The topological polar surface area (TPSA) is 76.5 Å². The van der Waals surface area contributed by atoms with Gasteiger partial charge in [-0.05, 0) is 6.92 Å². The zero-order valence-electron chi connectivity index (χ0n) is 10.3. The molecule has 0 fully saturated rings. The van der Waals surface area contributed by atoms with Crippen LogP contribution in [-0.4, -0.2) is 39.1 Å². The first-order valence-corrected chi connectivity index (χ1v) is 5.60. The lowest BCUT2D eigenvalue weighted by Gasteiger charge is -2.16. The van der Waals surface area contributed by atoms with E-state index in [0.29, 0.717) is 23.1 Å². The van der Waals surface area contributed by atoms with Crippen molar-refractivity contribution in [1.82, 2.24) is 14.7 Å². The Morgan fingerprint density at radius 3 is 2.61 bits per heavy atom. The van der Waals surface area contributed by atoms with E-state index in [1.807, 2.05) is 6.92 Å². The molecule has 0 saturated carbocycles. The summed E-state index contributed by atoms with van der Waals surface area (Å²) in [6.45, 7) is 3.69. The number of nitrogens with two attached hydrogens (primary N) is 1. The summed E-state index contributed by atoms with van der Waals surface area (Å²) in [4.78, 5) is 17.3. The number of amidine groups is 1. The van der Waals surface area contributed by atoms with E-state index >= 15 is 0 Å². The Kier molecular flexibility index (Phi) is 4.37. The van der Waals surface area contributed by atoms with Crippen LogP contribution in [0, 0.1) is 6.92 Å². The number of carbonyl (C=O) groups is 1. The molecule has 0 aromatic carbocycles. The van der Waals surface area contributed by atoms with Crippen molar-refractivity contribution in [3.05, 3.63) is 16.4 Å². The summed E-state index contributed by atoms with van der Waals surface area (Å²) in [5.74, 6) is 0.414. The Morgan fingerprint density at radius 1 is 1.56 bits per heavy atom. The maximum atomic E-state index is 11.5. The van der Waals surface area contributed by atoms with Gasteiger partial charge >= 0.3 is 0 Å². The molecule has 1 aliphatic heterocycles. The molecule has 0 aliphatic carbocycles. The van der Waals surface area contributed by atoms with Crippen molar-refractivity contribution in [1.29, 1.82) is 0 Å². The lowest BCUT2D eigenvalue weighted by molar-refractivity contribution is -0.124. The number of amides is 1. The van der Waals surface area contributed by atoms with Crippen LogP contribution in [0.1, 0.15) is 18.2 Å². The minimum atomic E-state index is -0.399. The van der Waals surface area contributed by atoms with E-state index in [1.165, 1.54) is 11.8 Å². The summed E-state index contributed by atoms with van der Waals surface area (Å²) in [6, 6.07) is 0. The molecule has 0 saturated heterocycles. The Hall–Kier alpha value is -1.11. The number of hydrogen-bond acceptors (Lipinski definition) is 4. The Bertz CT molecular complexity index is 511. The highest BCUT2D eigenvalue weighted by Gasteiger charge is 2.30. The molecule has 1 unspecified atom stereocenters. The molecule has 0 radical (unpaired) electrons. The van der Waals surface area contributed by atoms with E-state index < -0.39 is 6.17 Å². The first-order chi connectivity index (χ1) is 7.91. The highest BCUT2D eigenvalue weighted by molar-refractivity contribution is 6.33. The van der Waals surface area contributed by atoms with Crippen LogP contribution in [0.5, 0.6) is 0 Å². The zero-order chi connectivity index (χ0) is 12.7. The summed E-state index contributed by atoms with van der Waals surface area (Å²) >= 11 is 6.15. The lowest BCUT2D eigenvalue weighted by atomic mass is 10.2. The van der Waals surface area contributed by atoms with Gasteiger partial charge in [0.2, 0.25) is 5.91 Å². The standard InChI is InChI=1S/C10H14ClN5O.ClH/c1-5-8(9(11)15(3)14-5)10-13-7(12)4-16(10)6(2)17;/h7H,4,12H2,1-3H3;1H. The molecule has 1 amide bonds. The largest absolute Gasteiger partial charge is 0.308 e. The number of aliphatic imine (C=N–C) groups is 1. The average molecular weight is 292 g/mol. The van der Waals surface area contributed by atoms with E-state index in [-0.39, 0.29) is 18.3 Å². The number of aryl methyl sites for hydroxylation is 2. The third kappa shape index (κ3) is 2.36. The maximum absolute atomic E-state index is 11.5. The van der Waals surface area contributed by atoms with Crippen LogP contribution in [0.25, 0.3) is 0 Å². The van der Waals surface area contributed by atoms with E-state index in [2.05, 4.69) is 10.1 Å². The highest BCUT2D eigenvalue weighted by atomic mass is 35.5. The van der Waals surface area contributed by atoms with Gasteiger partial charge in [0.05, 0.1) is 17.8 Å². The monoisotopic (exact) mass is 291 g/mol. The molecule has 2 rings (SSSR count). The molecule has 1 aliphatic rings. The van der Waals surface area contributed by atoms with E-state index in [9.17, 15) is 4.79 Å². The minimum Gasteiger partial charge on any atom is -0.308 e. The first-order valence-electron chi connectivity index (χ1n) is 5.22. The second-order valence-corrected chi connectivity index (χ2v) is 4.38. The number of carbonyl (C=O) groups excluding carboxylic acids is 1. The van der Waals surface area contributed by atoms with Gasteiger partial charge in [-0.1, -0.05) is 11.6 Å². The van der Waals surface area contributed by atoms with Crippen LogP contribution < -0.4 is 5.73 Å². The fourth-order valence-electron chi connectivity index (χ4n) is 1.90. The third-order valence-corrected chi connectivity index (χ3v) is 3.10. The van der Waals surface area contributed by atoms with E-state index in [1.54, 1.807) is 11.7 Å². The van der Waals surface area contributed by atoms with Gasteiger partial charge in [0.1, 0.15) is 17.2 Å². The molecule has 2 N–H and O–H groups in total. The van der Waals surface area contributed by atoms with Crippen molar-refractivity contribution in [2.75, 3.05) is 6.54 Å². The molecule has 0 bridgehead atoms. The second kappa shape index (κ2) is 5.26. The average Bonchev–Trinajstić information content (AvgIpc) is 2.70. The smallest absolute Gasteiger partial charge is 0.225 e. The molecule has 1 atom stereocenters. The number of nitrogens with zero attached hydrogens (tertiary/aromatic N) is 4. The van der Waals surface area contributed by atoms with Crippen LogP contribution in [0.15, 0.2) is 4.99 Å². The minimum absolute atomic E-state index is 0. The van der Waals surface area contributed by atoms with Crippen molar-refractivity contribution in [2.45, 2.75) is 20.0 Å². The predicted molar refractivity (Wildman–Crippen MR) is 72.1 cm³/mol. The van der Waals surface area contributed by atoms with Crippen LogP contribution in [-0.2, 0) is 11.8 Å². The SMILES string of the molecule is CC(=O)N1CC(N)N=C1c1c(C)nn(C)c1Cl.Cl. The summed E-state index contributed by atoms with van der Waals surface area (Å²) in [5.41, 5.74) is 7.16. The molecule has 8 heteroatoms. The normalized spacial score (nSPS) is 18.6. The van der Waals surface area contributed by atoms with Crippen molar-refractivity contribution < 1.29 is 4.79 Å². The second-order valence-electron chi connectivity index (χ2n) is 4.02. The molecule has 1 aromatic heterocycles. The predicted octanol–water partition coefficient (Wildman–Crippen LogP) is 0.697. The molecular formula is C10H15Cl2N5O. The summed E-state index contributed by atoms with van der Waals surface area (Å²) in [5, 5.41) is 4.66. The van der Waals surface area contributed by atoms with Gasteiger partial charge in [0.15, 0.2) is 0 Å². The summed E-state index contributed by atoms with van der Waals surface area (Å²) < 4.78 is 1.55. The fraction of sp³-hybridized carbons (Fsp3) is 0.500. The van der Waals surface area contributed by atoms with Gasteiger partial charge in [0, 0.05) is 14.0 Å². The number of aromatic nitrogens is 2. The molecule has 0 spiro atoms. The Balaban J connectivity index is 0.00000162. The van der Waals surface area contributed by atoms with Gasteiger partial charge in [-0.15, -0.1) is 12.4 Å². The molecule has 1 aromatic rings. The number of halogens is 2. The van der Waals surface area contributed by atoms with Crippen molar-refractivity contribution in [3.63, 3.8) is 0 Å². The number of hydrogen-bond donors (Lipinski definition) is 1. The van der Waals surface area contributed by atoms with Gasteiger partial charge in [-0.25, -0.2) is 4.99 Å². The van der Waals surface area contributed by atoms with Gasteiger partial charge < -0.3 is 5.73 Å². The molecular weight excluding hydrogens is 277 g/mol.